The molecule has 5 nitrogen and oxygen atoms in total. The van der Waals surface area contributed by atoms with Crippen molar-refractivity contribution in [2.75, 3.05) is 44.6 Å². The Balaban J connectivity index is 1.62. The highest BCUT2D eigenvalue weighted by molar-refractivity contribution is 5.98. The molecule has 0 aromatic heterocycles. The average molecular weight is 287 g/mol. The molecule has 21 heavy (non-hydrogen) atoms. The summed E-state index contributed by atoms with van der Waals surface area (Å²) in [4.78, 5) is 27.0. The molecule has 1 aromatic rings. The highest BCUT2D eigenvalue weighted by Crippen LogP contribution is 2.23. The third-order valence-electron chi connectivity index (χ3n) is 4.29. The van der Waals surface area contributed by atoms with Crippen LogP contribution in [0.3, 0.4) is 0 Å². The second-order valence-corrected chi connectivity index (χ2v) is 5.74. The zero-order valence-electron chi connectivity index (χ0n) is 12.2. The number of hydrogen-bond donors (Lipinski definition) is 1. The third-order valence-corrected chi connectivity index (χ3v) is 4.29. The van der Waals surface area contributed by atoms with E-state index in [1.807, 2.05) is 18.2 Å². The molecule has 0 spiro atoms. The van der Waals surface area contributed by atoms with E-state index in [4.69, 9.17) is 0 Å². The van der Waals surface area contributed by atoms with Gasteiger partial charge in [0.1, 0.15) is 0 Å². The van der Waals surface area contributed by atoms with Crippen LogP contribution in [0.5, 0.6) is 0 Å². The molecule has 0 unspecified atom stereocenters. The van der Waals surface area contributed by atoms with Crippen molar-refractivity contribution in [3.05, 3.63) is 29.3 Å². The Bertz CT molecular complexity index is 536. The molecule has 2 aliphatic heterocycles. The normalized spacial score (nSPS) is 18.8. The number of anilines is 1. The minimum atomic E-state index is 0.169. The number of carbonyl (C=O) groups excluding carboxylic acids is 2. The van der Waals surface area contributed by atoms with Gasteiger partial charge in [0.25, 0.3) is 0 Å². The van der Waals surface area contributed by atoms with Crippen LogP contribution >= 0.6 is 0 Å². The molecule has 1 fully saturated rings. The minimum absolute atomic E-state index is 0.169. The minimum Gasteiger partial charge on any atom is -0.385 e. The largest absolute Gasteiger partial charge is 0.385 e. The van der Waals surface area contributed by atoms with Gasteiger partial charge in [-0.25, -0.2) is 0 Å². The standard InChI is InChI=1S/C16H21N3O2/c20-12-19-8-6-18(7-9-19)11-16(21)14-3-4-15-13(10-14)2-1-5-17-15/h3-4,10,12,17H,1-2,5-9,11H2. The molecule has 0 atom stereocenters. The molecule has 3 rings (SSSR count). The van der Waals surface area contributed by atoms with Crippen LogP contribution in [0, 0.1) is 0 Å². The van der Waals surface area contributed by atoms with Crippen LogP contribution < -0.4 is 5.32 Å². The predicted octanol–water partition coefficient (Wildman–Crippen LogP) is 1.00. The Morgan fingerprint density at radius 1 is 1.24 bits per heavy atom. The van der Waals surface area contributed by atoms with Crippen molar-refractivity contribution in [1.29, 1.82) is 0 Å². The van der Waals surface area contributed by atoms with E-state index in [1.165, 1.54) is 5.56 Å². The Hall–Kier alpha value is -1.88. The predicted molar refractivity (Wildman–Crippen MR) is 81.7 cm³/mol. The fourth-order valence-electron chi connectivity index (χ4n) is 2.97. The Kier molecular flexibility index (Phi) is 4.20. The lowest BCUT2D eigenvalue weighted by Gasteiger charge is -2.32. The van der Waals surface area contributed by atoms with E-state index in [0.29, 0.717) is 19.6 Å². The van der Waals surface area contributed by atoms with E-state index < -0.39 is 0 Å². The van der Waals surface area contributed by atoms with Gasteiger partial charge in [-0.2, -0.15) is 0 Å². The van der Waals surface area contributed by atoms with Gasteiger partial charge in [0, 0.05) is 44.0 Å². The van der Waals surface area contributed by atoms with E-state index in [0.717, 1.165) is 50.1 Å². The smallest absolute Gasteiger partial charge is 0.209 e. The highest BCUT2D eigenvalue weighted by Gasteiger charge is 2.19. The number of nitrogens with zero attached hydrogens (tertiary/aromatic N) is 2. The Morgan fingerprint density at radius 2 is 2.05 bits per heavy atom. The topological polar surface area (TPSA) is 52.7 Å². The maximum atomic E-state index is 12.4. The summed E-state index contributed by atoms with van der Waals surface area (Å²) in [5.41, 5.74) is 3.21. The maximum Gasteiger partial charge on any atom is 0.209 e. The van der Waals surface area contributed by atoms with Gasteiger partial charge in [-0.3, -0.25) is 14.5 Å². The van der Waals surface area contributed by atoms with Crippen LogP contribution in [-0.4, -0.2) is 61.3 Å². The van der Waals surface area contributed by atoms with Crippen LogP contribution in [-0.2, 0) is 11.2 Å². The van der Waals surface area contributed by atoms with Gasteiger partial charge in [0.2, 0.25) is 6.41 Å². The van der Waals surface area contributed by atoms with Crippen LogP contribution in [0.1, 0.15) is 22.3 Å². The van der Waals surface area contributed by atoms with E-state index in [2.05, 4.69) is 10.2 Å². The summed E-state index contributed by atoms with van der Waals surface area (Å²) in [6, 6.07) is 5.97. The van der Waals surface area contributed by atoms with E-state index in [9.17, 15) is 9.59 Å². The highest BCUT2D eigenvalue weighted by atomic mass is 16.1. The molecule has 0 saturated carbocycles. The average Bonchev–Trinajstić information content (AvgIpc) is 2.55. The van der Waals surface area contributed by atoms with Crippen molar-refractivity contribution in [3.63, 3.8) is 0 Å². The van der Waals surface area contributed by atoms with Gasteiger partial charge in [-0.05, 0) is 36.6 Å². The van der Waals surface area contributed by atoms with E-state index >= 15 is 0 Å². The maximum absolute atomic E-state index is 12.4. The zero-order chi connectivity index (χ0) is 14.7. The summed E-state index contributed by atoms with van der Waals surface area (Å²) in [6.07, 6.45) is 3.05. The van der Waals surface area contributed by atoms with Crippen molar-refractivity contribution in [2.45, 2.75) is 12.8 Å². The lowest BCUT2D eigenvalue weighted by atomic mass is 9.99. The number of hydrogen-bond acceptors (Lipinski definition) is 4. The molecule has 1 aromatic carbocycles. The number of benzene rings is 1. The second kappa shape index (κ2) is 6.26. The number of piperazine rings is 1. The summed E-state index contributed by atoms with van der Waals surface area (Å²) in [5, 5.41) is 3.36. The lowest BCUT2D eigenvalue weighted by Crippen LogP contribution is -2.47. The molecule has 0 radical (unpaired) electrons. The summed E-state index contributed by atoms with van der Waals surface area (Å²) >= 11 is 0. The zero-order valence-corrected chi connectivity index (χ0v) is 12.2. The van der Waals surface area contributed by atoms with Gasteiger partial charge in [0.05, 0.1) is 6.54 Å². The second-order valence-electron chi connectivity index (χ2n) is 5.74. The van der Waals surface area contributed by atoms with Gasteiger partial charge in [-0.15, -0.1) is 0 Å². The Morgan fingerprint density at radius 3 is 2.81 bits per heavy atom. The molecule has 1 amide bonds. The number of carbonyl (C=O) groups is 2. The number of aryl methyl sites for hydroxylation is 1. The molecule has 2 aliphatic rings. The van der Waals surface area contributed by atoms with E-state index in [-0.39, 0.29) is 5.78 Å². The number of rotatable bonds is 4. The van der Waals surface area contributed by atoms with Crippen LogP contribution in [0.15, 0.2) is 18.2 Å². The fourth-order valence-corrected chi connectivity index (χ4v) is 2.97. The number of Topliss-reactive ketones (excluding diaryl/α,β-unsaturated/α-hetero) is 1. The summed E-state index contributed by atoms with van der Waals surface area (Å²) in [5.74, 6) is 0.169. The van der Waals surface area contributed by atoms with Crippen LogP contribution in [0.4, 0.5) is 5.69 Å². The van der Waals surface area contributed by atoms with Crippen molar-refractivity contribution in [1.82, 2.24) is 9.80 Å². The number of ketones is 1. The van der Waals surface area contributed by atoms with Gasteiger partial charge >= 0.3 is 0 Å². The van der Waals surface area contributed by atoms with Crippen LogP contribution in [0.2, 0.25) is 0 Å². The van der Waals surface area contributed by atoms with Crippen LogP contribution in [0.25, 0.3) is 0 Å². The summed E-state index contributed by atoms with van der Waals surface area (Å²) < 4.78 is 0. The molecule has 1 saturated heterocycles. The summed E-state index contributed by atoms with van der Waals surface area (Å²) in [7, 11) is 0. The van der Waals surface area contributed by atoms with Crippen molar-refractivity contribution in [2.24, 2.45) is 0 Å². The monoisotopic (exact) mass is 287 g/mol. The molecule has 2 heterocycles. The SMILES string of the molecule is O=CN1CCN(CC(=O)c2ccc3c(c2)CCCN3)CC1. The van der Waals surface area contributed by atoms with Crippen molar-refractivity contribution in [3.8, 4) is 0 Å². The first-order valence-corrected chi connectivity index (χ1v) is 7.58. The number of amides is 1. The molecule has 1 N–H and O–H groups in total. The molecule has 5 heteroatoms. The number of fused-ring (bicyclic) bond motifs is 1. The van der Waals surface area contributed by atoms with Gasteiger partial charge < -0.3 is 10.2 Å². The Labute approximate surface area is 124 Å². The quantitative estimate of drug-likeness (QED) is 0.663. The van der Waals surface area contributed by atoms with Gasteiger partial charge in [0.15, 0.2) is 5.78 Å². The molecular weight excluding hydrogens is 266 g/mol. The summed E-state index contributed by atoms with van der Waals surface area (Å²) in [6.45, 7) is 4.43. The number of nitrogens with one attached hydrogen (secondary N) is 1. The molecule has 0 bridgehead atoms. The van der Waals surface area contributed by atoms with E-state index in [1.54, 1.807) is 4.90 Å². The van der Waals surface area contributed by atoms with Crippen molar-refractivity contribution < 1.29 is 9.59 Å². The van der Waals surface area contributed by atoms with Gasteiger partial charge in [-0.1, -0.05) is 0 Å². The molecule has 112 valence electrons. The molecule has 0 aliphatic carbocycles. The van der Waals surface area contributed by atoms with Crippen molar-refractivity contribution >= 4 is 17.9 Å². The fraction of sp³-hybridized carbons (Fsp3) is 0.500. The third kappa shape index (κ3) is 3.24. The first kappa shape index (κ1) is 14.1. The molecular formula is C16H21N3O2. The first-order chi connectivity index (χ1) is 10.3. The lowest BCUT2D eigenvalue weighted by molar-refractivity contribution is -0.119. The first-order valence-electron chi connectivity index (χ1n) is 7.58.